The van der Waals surface area contributed by atoms with Gasteiger partial charge in [-0.25, -0.2) is 12.8 Å². The molecule has 4 rings (SSSR count). The summed E-state index contributed by atoms with van der Waals surface area (Å²) in [5.41, 5.74) is 2.28. The summed E-state index contributed by atoms with van der Waals surface area (Å²) in [6, 6.07) is 8.98. The van der Waals surface area contributed by atoms with Crippen LogP contribution in [-0.4, -0.2) is 40.8 Å². The number of rotatable bonds is 3. The van der Waals surface area contributed by atoms with E-state index in [-0.39, 0.29) is 30.9 Å². The molecule has 0 saturated heterocycles. The highest BCUT2D eigenvalue weighted by molar-refractivity contribution is 7.92. The molecule has 2 heterocycles. The van der Waals surface area contributed by atoms with Gasteiger partial charge in [0, 0.05) is 29.6 Å². The molecule has 0 fully saturated rings. The highest BCUT2D eigenvalue weighted by Gasteiger charge is 2.30. The normalized spacial score (nSPS) is 16.9. The third kappa shape index (κ3) is 3.44. The van der Waals surface area contributed by atoms with Gasteiger partial charge >= 0.3 is 0 Å². The predicted octanol–water partition coefficient (Wildman–Crippen LogP) is 3.46. The van der Waals surface area contributed by atoms with Crippen LogP contribution < -0.4 is 9.62 Å². The van der Waals surface area contributed by atoms with Gasteiger partial charge < -0.3 is 14.5 Å². The number of ether oxygens (including phenoxy) is 1. The van der Waals surface area contributed by atoms with Crippen LogP contribution in [0.3, 0.4) is 0 Å². The van der Waals surface area contributed by atoms with E-state index in [1.54, 1.807) is 12.1 Å². The fraction of sp³-hybridized carbons (Fsp3) is 0.286. The topological polar surface area (TPSA) is 88.8 Å². The van der Waals surface area contributed by atoms with Gasteiger partial charge in [-0.05, 0) is 37.3 Å². The van der Waals surface area contributed by atoms with Crippen LogP contribution in [0.5, 0.6) is 0 Å². The van der Waals surface area contributed by atoms with E-state index < -0.39 is 15.8 Å². The molecule has 2 aromatic carbocycles. The first-order valence-electron chi connectivity index (χ1n) is 9.38. The molecule has 158 valence electrons. The van der Waals surface area contributed by atoms with Gasteiger partial charge in [0.05, 0.1) is 36.8 Å². The number of nitrogens with one attached hydrogen (secondary N) is 1. The summed E-state index contributed by atoms with van der Waals surface area (Å²) in [7, 11) is -2.04. The Morgan fingerprint density at radius 1 is 1.23 bits per heavy atom. The van der Waals surface area contributed by atoms with Crippen molar-refractivity contribution >= 4 is 32.6 Å². The SMILES string of the molecule is CNC(=O)c1c(-c2ccc(F)cc2)oc2cc3c(cc12)C(C)OCCN3S(C)(=O)=O. The first-order valence-corrected chi connectivity index (χ1v) is 11.2. The summed E-state index contributed by atoms with van der Waals surface area (Å²) in [5, 5.41) is 3.13. The second-order valence-corrected chi connectivity index (χ2v) is 9.05. The van der Waals surface area contributed by atoms with Crippen molar-refractivity contribution in [2.24, 2.45) is 0 Å². The first-order chi connectivity index (χ1) is 14.2. The molecule has 0 bridgehead atoms. The Morgan fingerprint density at radius 3 is 2.57 bits per heavy atom. The Bertz CT molecular complexity index is 1230. The van der Waals surface area contributed by atoms with Crippen molar-refractivity contribution in [1.82, 2.24) is 5.32 Å². The zero-order valence-corrected chi connectivity index (χ0v) is 17.5. The van der Waals surface area contributed by atoms with Crippen LogP contribution in [0.4, 0.5) is 10.1 Å². The van der Waals surface area contributed by atoms with Crippen molar-refractivity contribution in [2.45, 2.75) is 13.0 Å². The third-order valence-corrected chi connectivity index (χ3v) is 6.35. The van der Waals surface area contributed by atoms with Crippen LogP contribution >= 0.6 is 0 Å². The largest absolute Gasteiger partial charge is 0.455 e. The van der Waals surface area contributed by atoms with Crippen LogP contribution in [-0.2, 0) is 14.8 Å². The molecule has 0 saturated carbocycles. The Kier molecular flexibility index (Phi) is 5.03. The third-order valence-electron chi connectivity index (χ3n) is 5.17. The van der Waals surface area contributed by atoms with E-state index in [0.29, 0.717) is 33.3 Å². The maximum absolute atomic E-state index is 13.4. The average Bonchev–Trinajstić information content (AvgIpc) is 2.98. The molecular formula is C21H21FN2O5S. The van der Waals surface area contributed by atoms with Gasteiger partial charge in [-0.3, -0.25) is 9.10 Å². The summed E-state index contributed by atoms with van der Waals surface area (Å²) < 4.78 is 51.2. The van der Waals surface area contributed by atoms with Crippen molar-refractivity contribution in [2.75, 3.05) is 30.8 Å². The summed E-state index contributed by atoms with van der Waals surface area (Å²) >= 11 is 0. The Balaban J connectivity index is 2.03. The molecule has 1 N–H and O–H groups in total. The molecule has 1 aliphatic rings. The molecule has 9 heteroatoms. The van der Waals surface area contributed by atoms with Crippen LogP contribution in [0.2, 0.25) is 0 Å². The Hall–Kier alpha value is -2.91. The van der Waals surface area contributed by atoms with Crippen LogP contribution in [0.1, 0.15) is 28.9 Å². The van der Waals surface area contributed by atoms with Gasteiger partial charge in [0.1, 0.15) is 17.2 Å². The first kappa shape index (κ1) is 20.4. The average molecular weight is 432 g/mol. The van der Waals surface area contributed by atoms with E-state index in [4.69, 9.17) is 9.15 Å². The quantitative estimate of drug-likeness (QED) is 0.685. The molecule has 0 aliphatic carbocycles. The Labute approximate surface area is 173 Å². The second-order valence-electron chi connectivity index (χ2n) is 7.15. The van der Waals surface area contributed by atoms with Crippen molar-refractivity contribution in [1.29, 1.82) is 0 Å². The minimum atomic E-state index is -3.55. The van der Waals surface area contributed by atoms with Crippen molar-refractivity contribution < 1.29 is 26.8 Å². The van der Waals surface area contributed by atoms with E-state index in [1.807, 2.05) is 6.92 Å². The van der Waals surface area contributed by atoms with E-state index in [0.717, 1.165) is 6.26 Å². The van der Waals surface area contributed by atoms with Crippen molar-refractivity contribution in [3.63, 3.8) is 0 Å². The lowest BCUT2D eigenvalue weighted by molar-refractivity contribution is 0.0769. The maximum atomic E-state index is 13.4. The fourth-order valence-corrected chi connectivity index (χ4v) is 4.63. The number of fused-ring (bicyclic) bond motifs is 2. The summed E-state index contributed by atoms with van der Waals surface area (Å²) in [5.74, 6) is -0.489. The number of halogens is 1. The highest BCUT2D eigenvalue weighted by atomic mass is 32.2. The number of amides is 1. The van der Waals surface area contributed by atoms with Gasteiger partial charge in [-0.1, -0.05) is 0 Å². The fourth-order valence-electron chi connectivity index (χ4n) is 3.71. The van der Waals surface area contributed by atoms with Gasteiger partial charge in [0.2, 0.25) is 10.0 Å². The van der Waals surface area contributed by atoms with E-state index >= 15 is 0 Å². The number of hydrogen-bond acceptors (Lipinski definition) is 5. The summed E-state index contributed by atoms with van der Waals surface area (Å²) in [6.45, 7) is 2.25. The van der Waals surface area contributed by atoms with E-state index in [2.05, 4.69) is 5.32 Å². The molecule has 3 aromatic rings. The summed E-state index contributed by atoms with van der Waals surface area (Å²) in [6.07, 6.45) is 0.761. The lowest BCUT2D eigenvalue weighted by Gasteiger charge is -2.22. The maximum Gasteiger partial charge on any atom is 0.255 e. The predicted molar refractivity (Wildman–Crippen MR) is 112 cm³/mol. The van der Waals surface area contributed by atoms with Gasteiger partial charge in [0.25, 0.3) is 5.91 Å². The number of carbonyl (C=O) groups is 1. The number of sulfonamides is 1. The zero-order chi connectivity index (χ0) is 21.6. The number of carbonyl (C=O) groups excluding carboxylic acids is 1. The van der Waals surface area contributed by atoms with Gasteiger partial charge in [0.15, 0.2) is 0 Å². The number of furan rings is 1. The van der Waals surface area contributed by atoms with E-state index in [9.17, 15) is 17.6 Å². The molecule has 1 amide bonds. The lowest BCUT2D eigenvalue weighted by atomic mass is 10.0. The molecule has 7 nitrogen and oxygen atoms in total. The second kappa shape index (κ2) is 7.41. The van der Waals surface area contributed by atoms with Crippen LogP contribution in [0, 0.1) is 5.82 Å². The molecule has 1 aliphatic heterocycles. The molecular weight excluding hydrogens is 411 g/mol. The van der Waals surface area contributed by atoms with Gasteiger partial charge in [-0.2, -0.15) is 0 Å². The van der Waals surface area contributed by atoms with Gasteiger partial charge in [-0.15, -0.1) is 0 Å². The van der Waals surface area contributed by atoms with Crippen LogP contribution in [0.15, 0.2) is 40.8 Å². The minimum Gasteiger partial charge on any atom is -0.455 e. The van der Waals surface area contributed by atoms with Crippen molar-refractivity contribution in [3.05, 3.63) is 53.3 Å². The standard InChI is InChI=1S/C21H21FN2O5S/c1-12-15-10-16-18(11-17(15)24(8-9-28-12)30(3,26)27)29-20(19(16)21(25)23-2)13-4-6-14(22)7-5-13/h4-7,10-12H,8-9H2,1-3H3,(H,23,25). The molecule has 1 aromatic heterocycles. The highest BCUT2D eigenvalue weighted by Crippen LogP contribution is 2.41. The van der Waals surface area contributed by atoms with Crippen LogP contribution in [0.25, 0.3) is 22.3 Å². The number of anilines is 1. The molecule has 30 heavy (non-hydrogen) atoms. The summed E-state index contributed by atoms with van der Waals surface area (Å²) in [4.78, 5) is 12.7. The molecule has 0 spiro atoms. The van der Waals surface area contributed by atoms with E-state index in [1.165, 1.54) is 35.6 Å². The van der Waals surface area contributed by atoms with Crippen molar-refractivity contribution in [3.8, 4) is 11.3 Å². The zero-order valence-electron chi connectivity index (χ0n) is 16.7. The molecule has 0 radical (unpaired) electrons. The minimum absolute atomic E-state index is 0.176. The monoisotopic (exact) mass is 432 g/mol. The molecule has 1 unspecified atom stereocenters. The number of benzene rings is 2. The molecule has 1 atom stereocenters. The number of hydrogen-bond donors (Lipinski definition) is 1. The Morgan fingerprint density at radius 2 is 1.93 bits per heavy atom. The lowest BCUT2D eigenvalue weighted by Crippen LogP contribution is -2.32. The number of nitrogens with zero attached hydrogens (tertiary/aromatic N) is 1. The smallest absolute Gasteiger partial charge is 0.255 e.